The van der Waals surface area contributed by atoms with Crippen LogP contribution in [0.3, 0.4) is 0 Å². The van der Waals surface area contributed by atoms with E-state index in [1.54, 1.807) is 0 Å². The molecule has 6 heteroatoms. The van der Waals surface area contributed by atoms with E-state index in [0.717, 1.165) is 0 Å². The van der Waals surface area contributed by atoms with Gasteiger partial charge in [0.2, 0.25) is 0 Å². The average Bonchev–Trinajstić information content (AvgIpc) is 2.50. The summed E-state index contributed by atoms with van der Waals surface area (Å²) in [6, 6.07) is -1.08. The molecule has 1 aromatic rings. The van der Waals surface area contributed by atoms with Crippen molar-refractivity contribution in [2.75, 3.05) is 0 Å². The van der Waals surface area contributed by atoms with Crippen LogP contribution >= 0.6 is 0 Å². The Balaban J connectivity index is 2.81. The molecule has 70 valence electrons. The van der Waals surface area contributed by atoms with Gasteiger partial charge in [-0.25, -0.2) is 9.78 Å². The second-order valence-electron chi connectivity index (χ2n) is 2.46. The third kappa shape index (κ3) is 2.29. The first kappa shape index (κ1) is 9.24. The lowest BCUT2D eigenvalue weighted by Crippen LogP contribution is -2.21. The monoisotopic (exact) mass is 184 g/mol. The van der Waals surface area contributed by atoms with Crippen molar-refractivity contribution in [3.8, 4) is 0 Å². The molecule has 0 aliphatic heterocycles. The van der Waals surface area contributed by atoms with E-state index in [1.807, 2.05) is 0 Å². The van der Waals surface area contributed by atoms with Crippen molar-refractivity contribution in [3.63, 3.8) is 0 Å². The highest BCUT2D eigenvalue weighted by Crippen LogP contribution is 2.10. The van der Waals surface area contributed by atoms with Crippen LogP contribution in [0.4, 0.5) is 0 Å². The number of nitrogens with zero attached hydrogens (tertiary/aromatic N) is 2. The van der Waals surface area contributed by atoms with E-state index >= 15 is 0 Å². The van der Waals surface area contributed by atoms with E-state index in [-0.39, 0.29) is 0 Å². The van der Waals surface area contributed by atoms with Crippen LogP contribution in [-0.4, -0.2) is 31.7 Å². The van der Waals surface area contributed by atoms with E-state index in [1.165, 1.54) is 23.3 Å². The summed E-state index contributed by atoms with van der Waals surface area (Å²) >= 11 is 0. The highest BCUT2D eigenvalue weighted by Gasteiger charge is 2.21. The maximum absolute atomic E-state index is 10.6. The average molecular weight is 184 g/mol. The minimum Gasteiger partial charge on any atom is -0.481 e. The molecule has 1 atom stereocenters. The molecule has 6 nitrogen and oxygen atoms in total. The Morgan fingerprint density at radius 2 is 2.15 bits per heavy atom. The molecule has 0 spiro atoms. The van der Waals surface area contributed by atoms with Gasteiger partial charge in [0.25, 0.3) is 0 Å². The molecule has 13 heavy (non-hydrogen) atoms. The number of carbonyl (C=O) groups is 2. The van der Waals surface area contributed by atoms with Gasteiger partial charge < -0.3 is 14.8 Å². The standard InChI is InChI=1S/C7H8N2O4/c10-6(11)3-5(7(12)13)9-2-1-8-4-9/h1-2,4-5H,3H2,(H,10,11)(H,12,13)/t5-/m1/s1. The van der Waals surface area contributed by atoms with Gasteiger partial charge in [-0.05, 0) is 0 Å². The molecule has 0 aromatic carbocycles. The number of aliphatic carboxylic acids is 2. The molecule has 0 aliphatic carbocycles. The van der Waals surface area contributed by atoms with Crippen LogP contribution in [0.1, 0.15) is 12.5 Å². The van der Waals surface area contributed by atoms with Crippen molar-refractivity contribution in [1.82, 2.24) is 9.55 Å². The lowest BCUT2D eigenvalue weighted by molar-refractivity contribution is -0.147. The van der Waals surface area contributed by atoms with Crippen molar-refractivity contribution in [2.24, 2.45) is 0 Å². The van der Waals surface area contributed by atoms with E-state index in [4.69, 9.17) is 10.2 Å². The van der Waals surface area contributed by atoms with Crippen LogP contribution in [0.2, 0.25) is 0 Å². The van der Waals surface area contributed by atoms with Crippen LogP contribution in [0, 0.1) is 0 Å². The van der Waals surface area contributed by atoms with E-state index in [0.29, 0.717) is 0 Å². The minimum atomic E-state index is -1.18. The van der Waals surface area contributed by atoms with Gasteiger partial charge in [-0.3, -0.25) is 4.79 Å². The van der Waals surface area contributed by atoms with Crippen LogP contribution in [-0.2, 0) is 9.59 Å². The fraction of sp³-hybridized carbons (Fsp3) is 0.286. The van der Waals surface area contributed by atoms with E-state index in [9.17, 15) is 9.59 Å². The number of imidazole rings is 1. The minimum absolute atomic E-state index is 0.453. The summed E-state index contributed by atoms with van der Waals surface area (Å²) < 4.78 is 1.25. The Bertz CT molecular complexity index is 306. The summed E-state index contributed by atoms with van der Waals surface area (Å²) in [6.07, 6.45) is 3.65. The maximum Gasteiger partial charge on any atom is 0.327 e. The Hall–Kier alpha value is -1.85. The molecule has 0 radical (unpaired) electrons. The lowest BCUT2D eigenvalue weighted by Gasteiger charge is -2.10. The summed E-state index contributed by atoms with van der Waals surface area (Å²) in [4.78, 5) is 24.6. The quantitative estimate of drug-likeness (QED) is 0.686. The fourth-order valence-corrected chi connectivity index (χ4v) is 0.939. The zero-order valence-corrected chi connectivity index (χ0v) is 6.62. The normalized spacial score (nSPS) is 12.3. The Morgan fingerprint density at radius 1 is 1.46 bits per heavy atom. The number of hydrogen-bond donors (Lipinski definition) is 2. The SMILES string of the molecule is O=C(O)C[C@H](C(=O)O)n1ccnc1. The lowest BCUT2D eigenvalue weighted by atomic mass is 10.2. The smallest absolute Gasteiger partial charge is 0.327 e. The zero-order valence-electron chi connectivity index (χ0n) is 6.62. The third-order valence-corrected chi connectivity index (χ3v) is 1.54. The highest BCUT2D eigenvalue weighted by atomic mass is 16.4. The number of carboxylic acids is 2. The van der Waals surface area contributed by atoms with Crippen LogP contribution in [0.25, 0.3) is 0 Å². The molecule has 0 fully saturated rings. The van der Waals surface area contributed by atoms with Gasteiger partial charge in [-0.15, -0.1) is 0 Å². The Labute approximate surface area is 73.4 Å². The van der Waals surface area contributed by atoms with Crippen molar-refractivity contribution in [3.05, 3.63) is 18.7 Å². The van der Waals surface area contributed by atoms with Gasteiger partial charge in [0.1, 0.15) is 6.04 Å². The van der Waals surface area contributed by atoms with Crippen LogP contribution in [0.5, 0.6) is 0 Å². The molecule has 0 saturated carbocycles. The van der Waals surface area contributed by atoms with Gasteiger partial charge in [0.05, 0.1) is 12.7 Å². The highest BCUT2D eigenvalue weighted by molar-refractivity contribution is 5.79. The molecule has 0 aliphatic rings. The number of hydrogen-bond acceptors (Lipinski definition) is 3. The molecule has 0 amide bonds. The maximum atomic E-state index is 10.6. The Morgan fingerprint density at radius 3 is 2.54 bits per heavy atom. The molecule has 2 N–H and O–H groups in total. The fourth-order valence-electron chi connectivity index (χ4n) is 0.939. The third-order valence-electron chi connectivity index (χ3n) is 1.54. The molecular weight excluding hydrogens is 176 g/mol. The molecule has 1 heterocycles. The number of rotatable bonds is 4. The summed E-state index contributed by atoms with van der Waals surface area (Å²) in [5.41, 5.74) is 0. The van der Waals surface area contributed by atoms with E-state index < -0.39 is 24.4 Å². The largest absolute Gasteiger partial charge is 0.481 e. The van der Waals surface area contributed by atoms with E-state index in [2.05, 4.69) is 4.98 Å². The molecule has 0 saturated heterocycles. The van der Waals surface area contributed by atoms with Gasteiger partial charge >= 0.3 is 11.9 Å². The first-order valence-corrected chi connectivity index (χ1v) is 3.53. The van der Waals surface area contributed by atoms with Crippen LogP contribution in [0.15, 0.2) is 18.7 Å². The predicted molar refractivity (Wildman–Crippen MR) is 41.2 cm³/mol. The van der Waals surface area contributed by atoms with Gasteiger partial charge in [-0.1, -0.05) is 0 Å². The number of aromatic nitrogens is 2. The molecule has 0 unspecified atom stereocenters. The topological polar surface area (TPSA) is 92.4 Å². The summed E-state index contributed by atoms with van der Waals surface area (Å²) in [7, 11) is 0. The summed E-state index contributed by atoms with van der Waals surface area (Å²) in [5.74, 6) is -2.33. The predicted octanol–water partition coefficient (Wildman–Crippen LogP) is -0.0165. The molecule has 0 bridgehead atoms. The Kier molecular flexibility index (Phi) is 2.63. The first-order valence-electron chi connectivity index (χ1n) is 3.53. The number of carboxylic acid groups (broad SMARTS) is 2. The van der Waals surface area contributed by atoms with Crippen molar-refractivity contribution in [1.29, 1.82) is 0 Å². The van der Waals surface area contributed by atoms with Crippen molar-refractivity contribution < 1.29 is 19.8 Å². The molecule has 1 aromatic heterocycles. The first-order chi connectivity index (χ1) is 6.11. The zero-order chi connectivity index (χ0) is 9.84. The van der Waals surface area contributed by atoms with Gasteiger partial charge in [0.15, 0.2) is 0 Å². The molecule has 1 rings (SSSR count). The summed E-state index contributed by atoms with van der Waals surface area (Å²) in [5, 5.41) is 17.1. The van der Waals surface area contributed by atoms with Crippen LogP contribution < -0.4 is 0 Å². The second-order valence-corrected chi connectivity index (χ2v) is 2.46. The van der Waals surface area contributed by atoms with Crippen molar-refractivity contribution in [2.45, 2.75) is 12.5 Å². The van der Waals surface area contributed by atoms with Gasteiger partial charge in [-0.2, -0.15) is 0 Å². The second kappa shape index (κ2) is 3.70. The van der Waals surface area contributed by atoms with Gasteiger partial charge in [0, 0.05) is 12.4 Å². The summed E-state index contributed by atoms with van der Waals surface area (Å²) in [6.45, 7) is 0. The molecular formula is C7H8N2O4. The van der Waals surface area contributed by atoms with Crippen molar-refractivity contribution >= 4 is 11.9 Å².